The van der Waals surface area contributed by atoms with E-state index in [4.69, 9.17) is 4.42 Å². The maximum Gasteiger partial charge on any atom is 0.317 e. The zero-order chi connectivity index (χ0) is 15.9. The maximum absolute atomic E-state index is 12.1. The third-order valence-electron chi connectivity index (χ3n) is 4.15. The van der Waals surface area contributed by atoms with Gasteiger partial charge in [0.1, 0.15) is 6.54 Å². The van der Waals surface area contributed by atoms with E-state index >= 15 is 0 Å². The molecule has 0 aromatic carbocycles. The minimum absolute atomic E-state index is 0.110. The fraction of sp³-hybridized carbons (Fsp3) is 0.800. The Morgan fingerprint density at radius 1 is 1.41 bits per heavy atom. The second kappa shape index (κ2) is 8.12. The molecule has 2 heterocycles. The Morgan fingerprint density at radius 3 is 2.86 bits per heavy atom. The number of rotatable bonds is 6. The number of nitrogens with zero attached hydrogens (tertiary/aromatic N) is 4. The van der Waals surface area contributed by atoms with E-state index in [0.29, 0.717) is 37.3 Å². The molecule has 0 saturated carbocycles. The third-order valence-corrected chi connectivity index (χ3v) is 4.15. The van der Waals surface area contributed by atoms with Crippen LogP contribution in [-0.2, 0) is 13.0 Å². The van der Waals surface area contributed by atoms with Gasteiger partial charge in [-0.1, -0.05) is 13.3 Å². The van der Waals surface area contributed by atoms with E-state index in [1.807, 2.05) is 6.92 Å². The van der Waals surface area contributed by atoms with Gasteiger partial charge in [-0.2, -0.15) is 0 Å². The number of carbonyl (C=O) groups is 1. The number of amides is 2. The van der Waals surface area contributed by atoms with E-state index in [1.54, 1.807) is 11.9 Å². The van der Waals surface area contributed by atoms with Crippen molar-refractivity contribution >= 4 is 6.03 Å². The van der Waals surface area contributed by atoms with Gasteiger partial charge in [0.2, 0.25) is 11.8 Å². The second-order valence-electron chi connectivity index (χ2n) is 5.91. The lowest BCUT2D eigenvalue weighted by molar-refractivity contribution is 0.158. The molecule has 0 radical (unpaired) electrons. The van der Waals surface area contributed by atoms with Crippen molar-refractivity contribution in [3.05, 3.63) is 11.8 Å². The fourth-order valence-electron chi connectivity index (χ4n) is 2.70. The highest BCUT2D eigenvalue weighted by Crippen LogP contribution is 2.15. The van der Waals surface area contributed by atoms with Gasteiger partial charge in [0.05, 0.1) is 0 Å². The van der Waals surface area contributed by atoms with Gasteiger partial charge in [-0.3, -0.25) is 4.90 Å². The largest absolute Gasteiger partial charge is 0.423 e. The molecule has 0 aliphatic carbocycles. The van der Waals surface area contributed by atoms with Crippen LogP contribution in [0.5, 0.6) is 0 Å². The minimum atomic E-state index is -0.110. The first kappa shape index (κ1) is 16.7. The SMILES string of the molecule is CCc1nnc(CN(C)C(=O)NCCN2CCCC[C@@H]2C)o1. The number of urea groups is 1. The molecule has 124 valence electrons. The molecular weight excluding hydrogens is 282 g/mol. The molecule has 1 aromatic heterocycles. The van der Waals surface area contributed by atoms with Crippen LogP contribution in [0, 0.1) is 0 Å². The highest BCUT2D eigenvalue weighted by molar-refractivity contribution is 5.73. The minimum Gasteiger partial charge on any atom is -0.423 e. The second-order valence-corrected chi connectivity index (χ2v) is 5.91. The summed E-state index contributed by atoms with van der Waals surface area (Å²) >= 11 is 0. The van der Waals surface area contributed by atoms with E-state index in [9.17, 15) is 4.79 Å². The smallest absolute Gasteiger partial charge is 0.317 e. The maximum atomic E-state index is 12.1. The zero-order valence-corrected chi connectivity index (χ0v) is 13.8. The monoisotopic (exact) mass is 309 g/mol. The van der Waals surface area contributed by atoms with Crippen molar-refractivity contribution in [2.75, 3.05) is 26.7 Å². The predicted octanol–water partition coefficient (Wildman–Crippen LogP) is 1.65. The first-order chi connectivity index (χ1) is 10.6. The molecule has 1 fully saturated rings. The Hall–Kier alpha value is -1.63. The van der Waals surface area contributed by atoms with Gasteiger partial charge in [-0.25, -0.2) is 4.79 Å². The van der Waals surface area contributed by atoms with Crippen molar-refractivity contribution in [3.63, 3.8) is 0 Å². The lowest BCUT2D eigenvalue weighted by Crippen LogP contribution is -2.44. The molecule has 1 aromatic rings. The summed E-state index contributed by atoms with van der Waals surface area (Å²) in [5, 5.41) is 10.8. The van der Waals surface area contributed by atoms with Crippen LogP contribution in [0.25, 0.3) is 0 Å². The van der Waals surface area contributed by atoms with Crippen LogP contribution in [0.15, 0.2) is 4.42 Å². The van der Waals surface area contributed by atoms with Crippen LogP contribution >= 0.6 is 0 Å². The van der Waals surface area contributed by atoms with Gasteiger partial charge in [0.15, 0.2) is 0 Å². The van der Waals surface area contributed by atoms with E-state index in [1.165, 1.54) is 19.3 Å². The van der Waals surface area contributed by atoms with E-state index in [2.05, 4.69) is 27.3 Å². The molecule has 7 nitrogen and oxygen atoms in total. The third kappa shape index (κ3) is 4.69. The zero-order valence-electron chi connectivity index (χ0n) is 13.8. The van der Waals surface area contributed by atoms with Gasteiger partial charge in [-0.05, 0) is 26.3 Å². The number of nitrogens with one attached hydrogen (secondary N) is 1. The van der Waals surface area contributed by atoms with Gasteiger partial charge in [0, 0.05) is 32.6 Å². The number of piperidine rings is 1. The van der Waals surface area contributed by atoms with E-state index in [-0.39, 0.29) is 6.03 Å². The van der Waals surface area contributed by atoms with Crippen molar-refractivity contribution in [1.82, 2.24) is 25.3 Å². The van der Waals surface area contributed by atoms with Crippen LogP contribution in [0.3, 0.4) is 0 Å². The first-order valence-electron chi connectivity index (χ1n) is 8.14. The van der Waals surface area contributed by atoms with Crippen LogP contribution in [-0.4, -0.2) is 58.8 Å². The molecule has 2 amide bonds. The molecule has 0 spiro atoms. The molecule has 0 bridgehead atoms. The molecule has 7 heteroatoms. The molecule has 22 heavy (non-hydrogen) atoms. The summed E-state index contributed by atoms with van der Waals surface area (Å²) < 4.78 is 5.42. The van der Waals surface area contributed by atoms with Crippen LogP contribution in [0.1, 0.15) is 44.9 Å². The summed E-state index contributed by atoms with van der Waals surface area (Å²) in [4.78, 5) is 16.1. The summed E-state index contributed by atoms with van der Waals surface area (Å²) in [6.07, 6.45) is 4.54. The van der Waals surface area contributed by atoms with E-state index in [0.717, 1.165) is 13.1 Å². The summed E-state index contributed by atoms with van der Waals surface area (Å²) in [7, 11) is 1.73. The Kier molecular flexibility index (Phi) is 6.18. The molecule has 1 saturated heterocycles. The number of aromatic nitrogens is 2. The van der Waals surface area contributed by atoms with Gasteiger partial charge >= 0.3 is 6.03 Å². The summed E-state index contributed by atoms with van der Waals surface area (Å²) in [6.45, 7) is 7.25. The topological polar surface area (TPSA) is 74.5 Å². The van der Waals surface area contributed by atoms with Crippen molar-refractivity contribution in [3.8, 4) is 0 Å². The average molecular weight is 309 g/mol. The highest BCUT2D eigenvalue weighted by atomic mass is 16.4. The molecular formula is C15H27N5O2. The van der Waals surface area contributed by atoms with Crippen LogP contribution in [0.2, 0.25) is 0 Å². The Morgan fingerprint density at radius 2 is 2.18 bits per heavy atom. The standard InChI is InChI=1S/C15H27N5O2/c1-4-13-17-18-14(22-13)11-19(3)15(21)16-8-10-20-9-6-5-7-12(20)2/h12H,4-11H2,1-3H3,(H,16,21)/t12-/m0/s1. The lowest BCUT2D eigenvalue weighted by atomic mass is 10.0. The number of carbonyl (C=O) groups excluding carboxylic acids is 1. The molecule has 2 rings (SSSR count). The van der Waals surface area contributed by atoms with E-state index < -0.39 is 0 Å². The molecule has 1 aliphatic rings. The highest BCUT2D eigenvalue weighted by Gasteiger charge is 2.18. The molecule has 1 N–H and O–H groups in total. The van der Waals surface area contributed by atoms with Crippen LogP contribution in [0.4, 0.5) is 4.79 Å². The fourth-order valence-corrected chi connectivity index (χ4v) is 2.70. The molecule has 1 atom stereocenters. The van der Waals surface area contributed by atoms with Gasteiger partial charge in [0.25, 0.3) is 0 Å². The first-order valence-corrected chi connectivity index (χ1v) is 8.14. The molecule has 1 aliphatic heterocycles. The summed E-state index contributed by atoms with van der Waals surface area (Å²) in [5.74, 6) is 1.07. The normalized spacial score (nSPS) is 19.1. The number of aryl methyl sites for hydroxylation is 1. The van der Waals surface area contributed by atoms with Crippen molar-refractivity contribution in [2.45, 2.75) is 52.1 Å². The van der Waals surface area contributed by atoms with Crippen LogP contribution < -0.4 is 5.32 Å². The number of hydrogen-bond donors (Lipinski definition) is 1. The Labute approximate surface area is 132 Å². The number of hydrogen-bond acceptors (Lipinski definition) is 5. The van der Waals surface area contributed by atoms with Crippen molar-refractivity contribution in [2.24, 2.45) is 0 Å². The summed E-state index contributed by atoms with van der Waals surface area (Å²) in [6, 6.07) is 0.509. The Bertz CT molecular complexity index is 476. The van der Waals surface area contributed by atoms with Crippen molar-refractivity contribution in [1.29, 1.82) is 0 Å². The van der Waals surface area contributed by atoms with Crippen molar-refractivity contribution < 1.29 is 9.21 Å². The number of likely N-dealkylation sites (tertiary alicyclic amines) is 1. The Balaban J connectivity index is 1.69. The van der Waals surface area contributed by atoms with Gasteiger partial charge in [-0.15, -0.1) is 10.2 Å². The quantitative estimate of drug-likeness (QED) is 0.865. The molecule has 0 unspecified atom stereocenters. The lowest BCUT2D eigenvalue weighted by Gasteiger charge is -2.33. The predicted molar refractivity (Wildman–Crippen MR) is 83.4 cm³/mol. The average Bonchev–Trinajstić information content (AvgIpc) is 2.96. The van der Waals surface area contributed by atoms with Gasteiger partial charge < -0.3 is 14.6 Å². The summed E-state index contributed by atoms with van der Waals surface area (Å²) in [5.41, 5.74) is 0.